The van der Waals surface area contributed by atoms with Gasteiger partial charge >= 0.3 is 0 Å². The molecule has 2 rings (SSSR count). The molecule has 18 heavy (non-hydrogen) atoms. The highest BCUT2D eigenvalue weighted by molar-refractivity contribution is 9.10. The third-order valence-corrected chi connectivity index (χ3v) is 4.47. The van der Waals surface area contributed by atoms with Crippen LogP contribution in [0.1, 0.15) is 29.3 Å². The molecule has 1 amide bonds. The third kappa shape index (κ3) is 2.93. The van der Waals surface area contributed by atoms with Crippen molar-refractivity contribution in [2.45, 2.75) is 26.3 Å². The summed E-state index contributed by atoms with van der Waals surface area (Å²) < 4.78 is 0.980. The number of nitrogens with one attached hydrogen (secondary N) is 2. The zero-order valence-corrected chi connectivity index (χ0v) is 12.4. The minimum absolute atomic E-state index is 0.0348. The number of benzene rings is 1. The van der Waals surface area contributed by atoms with Crippen LogP contribution in [0.15, 0.2) is 22.7 Å². The molecule has 0 aromatic heterocycles. The quantitative estimate of drug-likeness (QED) is 0.881. The fraction of sp³-hybridized carbons (Fsp3) is 0.500. The second kappa shape index (κ2) is 5.85. The van der Waals surface area contributed by atoms with Crippen LogP contribution in [-0.4, -0.2) is 25.0 Å². The first kappa shape index (κ1) is 13.6. The van der Waals surface area contributed by atoms with Crippen LogP contribution in [0.4, 0.5) is 0 Å². The van der Waals surface area contributed by atoms with Crippen LogP contribution in [0.3, 0.4) is 0 Å². The standard InChI is InChI=1S/C14H19BrN2O/c1-9-8-16-7-6-13(9)17-14(18)11-4-3-5-12(15)10(11)2/h3-5,9,13,16H,6-8H2,1-2H3,(H,17,18). The summed E-state index contributed by atoms with van der Waals surface area (Å²) in [6.07, 6.45) is 1.000. The molecule has 1 aliphatic rings. The predicted octanol–water partition coefficient (Wildman–Crippen LogP) is 2.49. The molecule has 2 unspecified atom stereocenters. The molecule has 0 aliphatic carbocycles. The van der Waals surface area contributed by atoms with E-state index in [0.717, 1.165) is 35.1 Å². The molecule has 1 fully saturated rings. The van der Waals surface area contributed by atoms with Gasteiger partial charge in [0.2, 0.25) is 0 Å². The first-order valence-electron chi connectivity index (χ1n) is 6.36. The van der Waals surface area contributed by atoms with E-state index in [2.05, 4.69) is 33.5 Å². The van der Waals surface area contributed by atoms with Crippen LogP contribution in [-0.2, 0) is 0 Å². The average Bonchev–Trinajstić information content (AvgIpc) is 2.35. The van der Waals surface area contributed by atoms with E-state index in [1.54, 1.807) is 0 Å². The first-order valence-corrected chi connectivity index (χ1v) is 7.15. The van der Waals surface area contributed by atoms with Gasteiger partial charge in [-0.25, -0.2) is 0 Å². The van der Waals surface area contributed by atoms with E-state index in [9.17, 15) is 4.79 Å². The van der Waals surface area contributed by atoms with Crippen molar-refractivity contribution in [1.29, 1.82) is 0 Å². The van der Waals surface area contributed by atoms with E-state index in [1.807, 2.05) is 25.1 Å². The third-order valence-electron chi connectivity index (χ3n) is 3.61. The summed E-state index contributed by atoms with van der Waals surface area (Å²) in [7, 11) is 0. The van der Waals surface area contributed by atoms with Crippen LogP contribution in [0.25, 0.3) is 0 Å². The number of hydrogen-bond donors (Lipinski definition) is 2. The molecule has 1 aromatic carbocycles. The highest BCUT2D eigenvalue weighted by atomic mass is 79.9. The Bertz CT molecular complexity index is 447. The predicted molar refractivity (Wildman–Crippen MR) is 76.8 cm³/mol. The monoisotopic (exact) mass is 310 g/mol. The van der Waals surface area contributed by atoms with Gasteiger partial charge in [0, 0.05) is 16.1 Å². The second-order valence-corrected chi connectivity index (χ2v) is 5.82. The second-order valence-electron chi connectivity index (χ2n) is 4.96. The van der Waals surface area contributed by atoms with Crippen molar-refractivity contribution in [2.24, 2.45) is 5.92 Å². The number of hydrogen-bond acceptors (Lipinski definition) is 2. The molecule has 2 atom stereocenters. The fourth-order valence-corrected chi connectivity index (χ4v) is 2.69. The lowest BCUT2D eigenvalue weighted by Gasteiger charge is -2.30. The topological polar surface area (TPSA) is 41.1 Å². The van der Waals surface area contributed by atoms with E-state index >= 15 is 0 Å². The summed E-state index contributed by atoms with van der Waals surface area (Å²) in [5.74, 6) is 0.516. The van der Waals surface area contributed by atoms with Gasteiger partial charge in [-0.15, -0.1) is 0 Å². The van der Waals surface area contributed by atoms with Gasteiger partial charge in [0.15, 0.2) is 0 Å². The van der Waals surface area contributed by atoms with Crippen molar-refractivity contribution in [1.82, 2.24) is 10.6 Å². The summed E-state index contributed by atoms with van der Waals surface area (Å²) in [6, 6.07) is 6.01. The molecule has 1 heterocycles. The molecular formula is C14H19BrN2O. The van der Waals surface area contributed by atoms with Crippen molar-refractivity contribution in [3.8, 4) is 0 Å². The molecule has 4 heteroatoms. The van der Waals surface area contributed by atoms with Gasteiger partial charge in [-0.2, -0.15) is 0 Å². The maximum absolute atomic E-state index is 12.3. The summed E-state index contributed by atoms with van der Waals surface area (Å²) >= 11 is 3.46. The van der Waals surface area contributed by atoms with E-state index < -0.39 is 0 Å². The summed E-state index contributed by atoms with van der Waals surface area (Å²) in [5.41, 5.74) is 1.76. The number of amides is 1. The van der Waals surface area contributed by atoms with Crippen molar-refractivity contribution < 1.29 is 4.79 Å². The summed E-state index contributed by atoms with van der Waals surface area (Å²) in [6.45, 7) is 6.09. The van der Waals surface area contributed by atoms with Crippen molar-refractivity contribution >= 4 is 21.8 Å². The van der Waals surface area contributed by atoms with Gasteiger partial charge in [0.1, 0.15) is 0 Å². The minimum Gasteiger partial charge on any atom is -0.349 e. The Kier molecular flexibility index (Phi) is 4.40. The van der Waals surface area contributed by atoms with Crippen LogP contribution >= 0.6 is 15.9 Å². The van der Waals surface area contributed by atoms with E-state index in [-0.39, 0.29) is 11.9 Å². The summed E-state index contributed by atoms with van der Waals surface area (Å²) in [5, 5.41) is 6.49. The molecule has 0 radical (unpaired) electrons. The zero-order chi connectivity index (χ0) is 13.1. The molecule has 1 aromatic rings. The molecule has 0 spiro atoms. The molecule has 3 nitrogen and oxygen atoms in total. The maximum atomic E-state index is 12.3. The number of carbonyl (C=O) groups is 1. The van der Waals surface area contributed by atoms with E-state index in [1.165, 1.54) is 0 Å². The van der Waals surface area contributed by atoms with Crippen molar-refractivity contribution in [3.05, 3.63) is 33.8 Å². The largest absolute Gasteiger partial charge is 0.349 e. The van der Waals surface area contributed by atoms with Gasteiger partial charge in [0.05, 0.1) is 0 Å². The Balaban J connectivity index is 2.09. The van der Waals surface area contributed by atoms with Crippen LogP contribution in [0.5, 0.6) is 0 Å². The Hall–Kier alpha value is -0.870. The normalized spacial score (nSPS) is 23.7. The smallest absolute Gasteiger partial charge is 0.251 e. The molecule has 1 aliphatic heterocycles. The van der Waals surface area contributed by atoms with Crippen LogP contribution in [0, 0.1) is 12.8 Å². The van der Waals surface area contributed by atoms with E-state index in [4.69, 9.17) is 0 Å². The Morgan fingerprint density at radius 2 is 2.28 bits per heavy atom. The molecule has 98 valence electrons. The van der Waals surface area contributed by atoms with Gasteiger partial charge in [-0.1, -0.05) is 28.9 Å². The SMILES string of the molecule is Cc1c(Br)cccc1C(=O)NC1CCNCC1C. The molecule has 0 bridgehead atoms. The van der Waals surface area contributed by atoms with Crippen LogP contribution < -0.4 is 10.6 Å². The summed E-state index contributed by atoms with van der Waals surface area (Å²) in [4.78, 5) is 12.3. The van der Waals surface area contributed by atoms with Crippen molar-refractivity contribution in [2.75, 3.05) is 13.1 Å². The average molecular weight is 311 g/mol. The van der Waals surface area contributed by atoms with Crippen LogP contribution in [0.2, 0.25) is 0 Å². The fourth-order valence-electron chi connectivity index (χ4n) is 2.33. The lowest BCUT2D eigenvalue weighted by molar-refractivity contribution is 0.0913. The van der Waals surface area contributed by atoms with E-state index in [0.29, 0.717) is 5.92 Å². The Morgan fingerprint density at radius 1 is 1.50 bits per heavy atom. The lowest BCUT2D eigenvalue weighted by Crippen LogP contribution is -2.48. The maximum Gasteiger partial charge on any atom is 0.251 e. The zero-order valence-electron chi connectivity index (χ0n) is 10.8. The number of rotatable bonds is 2. The molecular weight excluding hydrogens is 292 g/mol. The molecule has 1 saturated heterocycles. The van der Waals surface area contributed by atoms with Gasteiger partial charge in [-0.05, 0) is 50.0 Å². The van der Waals surface area contributed by atoms with Crippen molar-refractivity contribution in [3.63, 3.8) is 0 Å². The number of carbonyl (C=O) groups excluding carboxylic acids is 1. The first-order chi connectivity index (χ1) is 8.59. The Morgan fingerprint density at radius 3 is 3.00 bits per heavy atom. The highest BCUT2D eigenvalue weighted by Gasteiger charge is 2.23. The minimum atomic E-state index is 0.0348. The Labute approximate surface area is 116 Å². The number of halogens is 1. The van der Waals surface area contributed by atoms with Gasteiger partial charge < -0.3 is 10.6 Å². The molecule has 2 N–H and O–H groups in total. The molecule has 0 saturated carbocycles. The lowest BCUT2D eigenvalue weighted by atomic mass is 9.95. The van der Waals surface area contributed by atoms with Gasteiger partial charge in [0.25, 0.3) is 5.91 Å². The highest BCUT2D eigenvalue weighted by Crippen LogP contribution is 2.20. The van der Waals surface area contributed by atoms with Gasteiger partial charge in [-0.3, -0.25) is 4.79 Å². The number of piperidine rings is 1.